The van der Waals surface area contributed by atoms with Gasteiger partial charge in [-0.25, -0.2) is 0 Å². The van der Waals surface area contributed by atoms with Crippen LogP contribution < -0.4 is 16.3 Å². The predicted octanol–water partition coefficient (Wildman–Crippen LogP) is 14.5. The van der Waals surface area contributed by atoms with Crippen molar-refractivity contribution in [3.05, 3.63) is 177 Å². The van der Waals surface area contributed by atoms with Gasteiger partial charge in [-0.2, -0.15) is 31.5 Å². The van der Waals surface area contributed by atoms with Crippen LogP contribution in [-0.4, -0.2) is 21.9 Å². The van der Waals surface area contributed by atoms with Gasteiger partial charge in [0.05, 0.1) is 38.2 Å². The number of rotatable bonds is 11. The minimum Gasteiger partial charge on any atom is -0.505 e. The summed E-state index contributed by atoms with van der Waals surface area (Å²) in [7, 11) is 0. The second-order valence-electron chi connectivity index (χ2n) is 15.2. The molecule has 340 valence electrons. The van der Waals surface area contributed by atoms with Crippen molar-refractivity contribution in [2.24, 2.45) is 20.5 Å². The Labute approximate surface area is 388 Å². The van der Waals surface area contributed by atoms with Gasteiger partial charge in [0, 0.05) is 33.0 Å². The minimum absolute atomic E-state index is 0.0512. The standard InChI is InChI=1S/C49H30BrF6N7O5/c50-41-39(59-61-43-34-14-4-2-8-26(34)20-38(46(43)66)47(67)62-58-30-11-5-9-28(21-30)48(51,52)53)18-17-36-40(41)37-23-31(15-16-35(37)45(36)65)57-60-42-33-13-3-1-7-25(33)19-27(44(42)64)24-68-63-32-12-6-10-29(22-32)49(54,55)56/h1-23,58,63-64,66H,24H2,(H,62,67). The Hall–Kier alpha value is -8.16. The van der Waals surface area contributed by atoms with Crippen LogP contribution in [0.1, 0.15) is 43.0 Å². The first-order valence-electron chi connectivity index (χ1n) is 20.2. The highest BCUT2D eigenvalue weighted by molar-refractivity contribution is 9.10. The van der Waals surface area contributed by atoms with E-state index in [1.165, 1.54) is 30.3 Å². The fourth-order valence-electron chi connectivity index (χ4n) is 7.55. The Morgan fingerprint density at radius 2 is 1.22 bits per heavy atom. The number of carbonyl (C=O) groups excluding carboxylic acids is 2. The Morgan fingerprint density at radius 3 is 1.91 bits per heavy atom. The lowest BCUT2D eigenvalue weighted by Crippen LogP contribution is -2.29. The molecule has 68 heavy (non-hydrogen) atoms. The normalized spacial score (nSPS) is 12.5. The SMILES string of the molecule is O=C(NNc1cccc(C(F)(F)F)c1)c1cc2ccccc2c(N=Nc2ccc3c(c2Br)-c2cc(N=Nc4c(O)c(CONc5cccc(C(F)(F)F)c5)cc5ccccc45)ccc2C3=O)c1O. The molecule has 0 aliphatic heterocycles. The summed E-state index contributed by atoms with van der Waals surface area (Å²) in [6, 6.07) is 33.4. The third-order valence-corrected chi connectivity index (χ3v) is 11.6. The van der Waals surface area contributed by atoms with E-state index in [0.29, 0.717) is 54.0 Å². The average Bonchev–Trinajstić information content (AvgIpc) is 3.61. The van der Waals surface area contributed by atoms with E-state index in [2.05, 4.69) is 52.7 Å². The second kappa shape index (κ2) is 17.9. The van der Waals surface area contributed by atoms with Crippen molar-refractivity contribution in [2.75, 3.05) is 10.9 Å². The highest BCUT2D eigenvalue weighted by Crippen LogP contribution is 2.48. The Balaban J connectivity index is 0.990. The summed E-state index contributed by atoms with van der Waals surface area (Å²) < 4.78 is 79.9. The molecule has 0 radical (unpaired) electrons. The van der Waals surface area contributed by atoms with Gasteiger partial charge < -0.3 is 10.2 Å². The Morgan fingerprint density at radius 1 is 0.618 bits per heavy atom. The van der Waals surface area contributed by atoms with Crippen molar-refractivity contribution in [1.82, 2.24) is 5.43 Å². The van der Waals surface area contributed by atoms with Gasteiger partial charge in [-0.3, -0.25) is 30.8 Å². The van der Waals surface area contributed by atoms with Crippen molar-refractivity contribution in [3.8, 4) is 22.6 Å². The number of ketones is 1. The molecule has 0 aromatic heterocycles. The highest BCUT2D eigenvalue weighted by atomic mass is 79.9. The number of fused-ring (bicyclic) bond motifs is 5. The van der Waals surface area contributed by atoms with Crippen molar-refractivity contribution in [2.45, 2.75) is 19.0 Å². The summed E-state index contributed by atoms with van der Waals surface area (Å²) in [5.74, 6) is -2.00. The van der Waals surface area contributed by atoms with Crippen LogP contribution in [0.2, 0.25) is 0 Å². The fraction of sp³-hybridized carbons (Fsp3) is 0.0612. The number of phenols is 2. The van der Waals surface area contributed by atoms with Crippen molar-refractivity contribution in [1.29, 1.82) is 0 Å². The first-order valence-corrected chi connectivity index (χ1v) is 21.0. The molecule has 0 bridgehead atoms. The summed E-state index contributed by atoms with van der Waals surface area (Å²) in [4.78, 5) is 32.5. The molecular formula is C49H30BrF6N7O5. The second-order valence-corrected chi connectivity index (χ2v) is 16.0. The smallest absolute Gasteiger partial charge is 0.416 e. The first kappa shape index (κ1) is 45.0. The summed E-state index contributed by atoms with van der Waals surface area (Å²) in [5, 5.41) is 42.5. The molecule has 8 aromatic carbocycles. The molecule has 1 amide bonds. The monoisotopic (exact) mass is 989 g/mol. The number of hydrogen-bond donors (Lipinski definition) is 5. The van der Waals surface area contributed by atoms with Crippen LogP contribution >= 0.6 is 15.9 Å². The number of azo groups is 2. The molecule has 8 aromatic rings. The minimum atomic E-state index is -4.61. The number of aromatic hydroxyl groups is 2. The zero-order valence-corrected chi connectivity index (χ0v) is 36.1. The molecule has 5 N–H and O–H groups in total. The molecule has 1 aliphatic rings. The van der Waals surface area contributed by atoms with Gasteiger partial charge in [-0.15, -0.1) is 15.3 Å². The van der Waals surface area contributed by atoms with Crippen molar-refractivity contribution < 1.29 is 51.0 Å². The molecule has 0 unspecified atom stereocenters. The quantitative estimate of drug-likeness (QED) is 0.0488. The highest BCUT2D eigenvalue weighted by Gasteiger charge is 2.32. The van der Waals surface area contributed by atoms with E-state index in [9.17, 15) is 46.1 Å². The largest absolute Gasteiger partial charge is 0.505 e. The van der Waals surface area contributed by atoms with E-state index in [0.717, 1.165) is 24.3 Å². The molecule has 9 rings (SSSR count). The van der Waals surface area contributed by atoms with Crippen LogP contribution in [0.15, 0.2) is 164 Å². The van der Waals surface area contributed by atoms with Crippen molar-refractivity contribution >= 4 is 83.3 Å². The van der Waals surface area contributed by atoms with Gasteiger partial charge in [0.2, 0.25) is 0 Å². The predicted molar refractivity (Wildman–Crippen MR) is 245 cm³/mol. The lowest BCUT2D eigenvalue weighted by Gasteiger charge is -2.13. The summed E-state index contributed by atoms with van der Waals surface area (Å²) in [6.45, 7) is -0.263. The molecule has 12 nitrogen and oxygen atoms in total. The number of nitrogens with one attached hydrogen (secondary N) is 3. The Bertz CT molecular complexity index is 3420. The molecule has 19 heteroatoms. The van der Waals surface area contributed by atoms with Crippen LogP contribution in [0.3, 0.4) is 0 Å². The molecular weight excluding hydrogens is 960 g/mol. The third kappa shape index (κ3) is 8.91. The first-order chi connectivity index (χ1) is 32.5. The molecule has 0 fully saturated rings. The van der Waals surface area contributed by atoms with Gasteiger partial charge in [0.15, 0.2) is 11.5 Å². The van der Waals surface area contributed by atoms with Crippen LogP contribution in [0.5, 0.6) is 11.5 Å². The molecule has 0 spiro atoms. The van der Waals surface area contributed by atoms with Gasteiger partial charge >= 0.3 is 12.4 Å². The molecule has 1 aliphatic carbocycles. The van der Waals surface area contributed by atoms with E-state index < -0.39 is 35.1 Å². The molecule has 0 saturated heterocycles. The molecule has 0 atom stereocenters. The molecule has 0 saturated carbocycles. The number of carbonyl (C=O) groups is 2. The average molecular weight is 991 g/mol. The van der Waals surface area contributed by atoms with Gasteiger partial charge in [-0.05, 0) is 111 Å². The van der Waals surface area contributed by atoms with Crippen LogP contribution in [0.25, 0.3) is 32.7 Å². The van der Waals surface area contributed by atoms with Crippen LogP contribution in [0, 0.1) is 0 Å². The number of hydrogen-bond acceptors (Lipinski definition) is 11. The maximum absolute atomic E-state index is 13.6. The fourth-order valence-corrected chi connectivity index (χ4v) is 8.19. The van der Waals surface area contributed by atoms with Gasteiger partial charge in [0.25, 0.3) is 5.91 Å². The Kier molecular flexibility index (Phi) is 11.9. The topological polar surface area (TPSA) is 169 Å². The van der Waals surface area contributed by atoms with Gasteiger partial charge in [-0.1, -0.05) is 60.7 Å². The van der Waals surface area contributed by atoms with E-state index in [1.54, 1.807) is 84.9 Å². The number of anilines is 2. The number of hydrazine groups is 1. The lowest BCUT2D eigenvalue weighted by atomic mass is 10.0. The number of phenolic OH excluding ortho intramolecular Hbond substituents is 2. The molecule has 0 heterocycles. The van der Waals surface area contributed by atoms with Crippen LogP contribution in [0.4, 0.5) is 60.5 Å². The number of amides is 1. The summed E-state index contributed by atoms with van der Waals surface area (Å²) in [6.07, 6.45) is -9.16. The van der Waals surface area contributed by atoms with Crippen molar-refractivity contribution in [3.63, 3.8) is 0 Å². The van der Waals surface area contributed by atoms with E-state index >= 15 is 0 Å². The zero-order chi connectivity index (χ0) is 47.9. The van der Waals surface area contributed by atoms with E-state index in [-0.39, 0.29) is 57.7 Å². The van der Waals surface area contributed by atoms with E-state index in [4.69, 9.17) is 4.84 Å². The van der Waals surface area contributed by atoms with Crippen LogP contribution in [-0.2, 0) is 23.8 Å². The maximum atomic E-state index is 13.6. The lowest BCUT2D eigenvalue weighted by molar-refractivity contribution is -0.138. The third-order valence-electron chi connectivity index (χ3n) is 10.8. The number of benzene rings is 8. The zero-order valence-electron chi connectivity index (χ0n) is 34.5. The summed E-state index contributed by atoms with van der Waals surface area (Å²) >= 11 is 3.60. The summed E-state index contributed by atoms with van der Waals surface area (Å²) in [5.41, 5.74) is 7.63. The maximum Gasteiger partial charge on any atom is 0.416 e. The number of nitrogens with zero attached hydrogens (tertiary/aromatic N) is 4. The number of halogens is 7. The van der Waals surface area contributed by atoms with Gasteiger partial charge in [0.1, 0.15) is 29.4 Å². The van der Waals surface area contributed by atoms with E-state index in [1.807, 2.05) is 0 Å². The number of alkyl halides is 6.